The van der Waals surface area contributed by atoms with Gasteiger partial charge in [-0.15, -0.1) is 0 Å². The number of amides is 2. The molecule has 0 aromatic heterocycles. The number of ether oxygens (including phenoxy) is 2. The van der Waals surface area contributed by atoms with E-state index in [2.05, 4.69) is 4.74 Å². The fourth-order valence-corrected chi connectivity index (χ4v) is 2.53. The molecular formula is C20H19F3N2O5. The number of hydrogen-bond donors (Lipinski definition) is 1. The van der Waals surface area contributed by atoms with Gasteiger partial charge in [-0.1, -0.05) is 12.1 Å². The molecule has 0 aliphatic heterocycles. The minimum absolute atomic E-state index is 0.161. The predicted molar refractivity (Wildman–Crippen MR) is 99.3 cm³/mol. The van der Waals surface area contributed by atoms with Crippen LogP contribution < -0.4 is 10.5 Å². The van der Waals surface area contributed by atoms with E-state index in [9.17, 15) is 27.6 Å². The van der Waals surface area contributed by atoms with Gasteiger partial charge in [0.1, 0.15) is 5.75 Å². The maximum atomic E-state index is 12.9. The number of halogens is 3. The first kappa shape index (κ1) is 22.7. The number of carbonyl (C=O) groups is 3. The second kappa shape index (κ2) is 9.77. The first-order chi connectivity index (χ1) is 14.1. The lowest BCUT2D eigenvalue weighted by Gasteiger charge is -2.22. The summed E-state index contributed by atoms with van der Waals surface area (Å²) in [5.41, 5.74) is 4.68. The Balaban J connectivity index is 2.17. The number of rotatable bonds is 8. The third-order valence-corrected chi connectivity index (χ3v) is 3.95. The molecule has 160 valence electrons. The number of esters is 1. The summed E-state index contributed by atoms with van der Waals surface area (Å²) in [5.74, 6) is -1.70. The number of alkyl halides is 3. The quantitative estimate of drug-likeness (QED) is 0.656. The maximum Gasteiger partial charge on any atom is 0.416 e. The molecule has 2 aromatic rings. The fraction of sp³-hybridized carbons (Fsp3) is 0.250. The van der Waals surface area contributed by atoms with Crippen LogP contribution in [0.25, 0.3) is 0 Å². The maximum absolute atomic E-state index is 12.9. The normalized spacial score (nSPS) is 10.9. The summed E-state index contributed by atoms with van der Waals surface area (Å²) >= 11 is 0. The third kappa shape index (κ3) is 6.50. The van der Waals surface area contributed by atoms with Crippen LogP contribution in [0, 0.1) is 0 Å². The van der Waals surface area contributed by atoms with Gasteiger partial charge in [-0.25, -0.2) is 4.79 Å². The van der Waals surface area contributed by atoms with Crippen LogP contribution in [0.3, 0.4) is 0 Å². The van der Waals surface area contributed by atoms with Crippen molar-refractivity contribution in [3.8, 4) is 5.75 Å². The molecule has 0 fully saturated rings. The fourth-order valence-electron chi connectivity index (χ4n) is 2.53. The Morgan fingerprint density at radius 2 is 1.73 bits per heavy atom. The minimum Gasteiger partial charge on any atom is -0.482 e. The molecule has 0 heterocycles. The predicted octanol–water partition coefficient (Wildman–Crippen LogP) is 2.38. The summed E-state index contributed by atoms with van der Waals surface area (Å²) in [6.07, 6.45) is -4.53. The average molecular weight is 424 g/mol. The molecule has 0 bridgehead atoms. The summed E-state index contributed by atoms with van der Waals surface area (Å²) in [6.45, 7) is -1.03. The van der Waals surface area contributed by atoms with E-state index in [0.717, 1.165) is 17.0 Å². The van der Waals surface area contributed by atoms with Crippen molar-refractivity contribution in [3.05, 3.63) is 65.2 Å². The number of carbonyl (C=O) groups excluding carboxylic acids is 3. The molecule has 2 rings (SSSR count). The van der Waals surface area contributed by atoms with Gasteiger partial charge < -0.3 is 20.1 Å². The molecule has 2 amide bonds. The van der Waals surface area contributed by atoms with E-state index in [1.165, 1.54) is 43.5 Å². The summed E-state index contributed by atoms with van der Waals surface area (Å²) < 4.78 is 48.4. The van der Waals surface area contributed by atoms with Crippen LogP contribution in [0.4, 0.5) is 13.2 Å². The number of methoxy groups -OCH3 is 1. The number of nitrogens with two attached hydrogens (primary N) is 1. The van der Waals surface area contributed by atoms with Crippen LogP contribution in [0.15, 0.2) is 48.5 Å². The van der Waals surface area contributed by atoms with E-state index >= 15 is 0 Å². The van der Waals surface area contributed by atoms with Gasteiger partial charge in [0.2, 0.25) is 5.91 Å². The van der Waals surface area contributed by atoms with Crippen LogP contribution in [0.5, 0.6) is 5.75 Å². The van der Waals surface area contributed by atoms with Gasteiger partial charge in [0, 0.05) is 12.1 Å². The van der Waals surface area contributed by atoms with Gasteiger partial charge in [0.05, 0.1) is 19.2 Å². The molecule has 0 aliphatic rings. The van der Waals surface area contributed by atoms with Gasteiger partial charge >= 0.3 is 12.1 Å². The summed E-state index contributed by atoms with van der Waals surface area (Å²) in [7, 11) is 1.21. The zero-order chi connectivity index (χ0) is 22.3. The number of benzene rings is 2. The molecule has 0 spiro atoms. The lowest BCUT2D eigenvalue weighted by Crippen LogP contribution is -2.38. The zero-order valence-electron chi connectivity index (χ0n) is 15.9. The van der Waals surface area contributed by atoms with Crippen LogP contribution in [-0.2, 0) is 27.0 Å². The van der Waals surface area contributed by atoms with Crippen LogP contribution in [-0.4, -0.2) is 42.9 Å². The SMILES string of the molecule is COC(=O)COc1ccc(C(=O)N(CC(N)=O)Cc2cccc(C(F)(F)F)c2)cc1. The molecule has 2 aromatic carbocycles. The van der Waals surface area contributed by atoms with Crippen LogP contribution in [0.2, 0.25) is 0 Å². The first-order valence-electron chi connectivity index (χ1n) is 8.63. The summed E-state index contributed by atoms with van der Waals surface area (Å²) in [6, 6.07) is 10.1. The van der Waals surface area contributed by atoms with Crippen LogP contribution >= 0.6 is 0 Å². The highest BCUT2D eigenvalue weighted by atomic mass is 19.4. The molecule has 0 atom stereocenters. The van der Waals surface area contributed by atoms with Crippen molar-refractivity contribution in [1.82, 2.24) is 4.90 Å². The van der Waals surface area contributed by atoms with E-state index in [4.69, 9.17) is 10.5 Å². The van der Waals surface area contributed by atoms with Crippen molar-refractivity contribution in [2.75, 3.05) is 20.3 Å². The van der Waals surface area contributed by atoms with Crippen LogP contribution in [0.1, 0.15) is 21.5 Å². The van der Waals surface area contributed by atoms with Crippen molar-refractivity contribution in [2.45, 2.75) is 12.7 Å². The third-order valence-electron chi connectivity index (χ3n) is 3.95. The number of hydrogen-bond acceptors (Lipinski definition) is 5. The Hall–Kier alpha value is -3.56. The summed E-state index contributed by atoms with van der Waals surface area (Å²) in [5, 5.41) is 0. The van der Waals surface area contributed by atoms with E-state index in [1.54, 1.807) is 0 Å². The Labute approximate surface area is 170 Å². The molecule has 2 N–H and O–H groups in total. The molecule has 10 heteroatoms. The highest BCUT2D eigenvalue weighted by molar-refractivity contribution is 5.96. The largest absolute Gasteiger partial charge is 0.482 e. The lowest BCUT2D eigenvalue weighted by atomic mass is 10.1. The van der Waals surface area contributed by atoms with E-state index < -0.39 is 36.1 Å². The number of primary amides is 1. The Morgan fingerprint density at radius 3 is 2.30 bits per heavy atom. The van der Waals surface area contributed by atoms with Crippen molar-refractivity contribution < 1.29 is 37.0 Å². The molecule has 0 aliphatic carbocycles. The Morgan fingerprint density at radius 1 is 1.07 bits per heavy atom. The van der Waals surface area contributed by atoms with Crippen molar-refractivity contribution in [3.63, 3.8) is 0 Å². The molecule has 0 saturated heterocycles. The standard InChI is InChI=1S/C20H19F3N2O5/c1-29-18(27)12-30-16-7-5-14(6-8-16)19(28)25(11-17(24)26)10-13-3-2-4-15(9-13)20(21,22)23/h2-9H,10-12H2,1H3,(H2,24,26). The highest BCUT2D eigenvalue weighted by Crippen LogP contribution is 2.29. The van der Waals surface area contributed by atoms with Gasteiger partial charge in [0.25, 0.3) is 5.91 Å². The average Bonchev–Trinajstić information content (AvgIpc) is 2.70. The molecular weight excluding hydrogens is 405 g/mol. The topological polar surface area (TPSA) is 98.9 Å². The first-order valence-corrected chi connectivity index (χ1v) is 8.63. The van der Waals surface area contributed by atoms with Gasteiger partial charge in [-0.05, 0) is 42.0 Å². The van der Waals surface area contributed by atoms with E-state index in [1.807, 2.05) is 0 Å². The molecule has 30 heavy (non-hydrogen) atoms. The van der Waals surface area contributed by atoms with Crippen molar-refractivity contribution in [1.29, 1.82) is 0 Å². The molecule has 0 unspecified atom stereocenters. The molecule has 0 radical (unpaired) electrons. The second-order valence-electron chi connectivity index (χ2n) is 6.21. The van der Waals surface area contributed by atoms with E-state index in [0.29, 0.717) is 5.75 Å². The Bertz CT molecular complexity index is 913. The van der Waals surface area contributed by atoms with Crippen molar-refractivity contribution >= 4 is 17.8 Å². The van der Waals surface area contributed by atoms with Gasteiger partial charge in [-0.3, -0.25) is 9.59 Å². The smallest absolute Gasteiger partial charge is 0.416 e. The Kier molecular flexibility index (Phi) is 7.40. The summed E-state index contributed by atoms with van der Waals surface area (Å²) in [4.78, 5) is 36.3. The lowest BCUT2D eigenvalue weighted by molar-refractivity contribution is -0.143. The van der Waals surface area contributed by atoms with E-state index in [-0.39, 0.29) is 24.3 Å². The van der Waals surface area contributed by atoms with Crippen molar-refractivity contribution in [2.24, 2.45) is 5.73 Å². The number of nitrogens with zero attached hydrogens (tertiary/aromatic N) is 1. The molecule has 0 saturated carbocycles. The van der Waals surface area contributed by atoms with Gasteiger partial charge in [-0.2, -0.15) is 13.2 Å². The second-order valence-corrected chi connectivity index (χ2v) is 6.21. The molecule has 7 nitrogen and oxygen atoms in total. The minimum atomic E-state index is -4.53. The van der Waals surface area contributed by atoms with Gasteiger partial charge in [0.15, 0.2) is 6.61 Å². The zero-order valence-corrected chi connectivity index (χ0v) is 15.9. The highest BCUT2D eigenvalue weighted by Gasteiger charge is 2.30. The monoisotopic (exact) mass is 424 g/mol.